The zero-order valence-corrected chi connectivity index (χ0v) is 32.9. The lowest BCUT2D eigenvalue weighted by Crippen LogP contribution is -2.16. The third kappa shape index (κ3) is 10.1. The quantitative estimate of drug-likeness (QED) is 0.169. The number of para-hydroxylation sites is 2. The van der Waals surface area contributed by atoms with E-state index in [1.54, 1.807) is 0 Å². The van der Waals surface area contributed by atoms with Gasteiger partial charge in [0.1, 0.15) is 36.2 Å². The lowest BCUT2D eigenvalue weighted by molar-refractivity contribution is 0.00484. The number of halogens is 2. The van der Waals surface area contributed by atoms with Crippen LogP contribution in [0.2, 0.25) is 0 Å². The number of ether oxygens (including phenoxy) is 7. The van der Waals surface area contributed by atoms with E-state index in [0.717, 1.165) is 89.3 Å². The van der Waals surface area contributed by atoms with Crippen LogP contribution in [-0.2, 0) is 39.9 Å². The molecule has 0 aromatic heterocycles. The Morgan fingerprint density at radius 3 is 1.10 bits per heavy atom. The molecule has 1 aliphatic carbocycles. The Labute approximate surface area is 319 Å². The van der Waals surface area contributed by atoms with Crippen LogP contribution in [0.15, 0.2) is 69.6 Å². The predicted octanol–water partition coefficient (Wildman–Crippen LogP) is 9.29. The Balaban J connectivity index is 1.58. The summed E-state index contributed by atoms with van der Waals surface area (Å²) in [7, 11) is 0. The molecule has 2 aliphatic rings. The molecule has 9 heteroatoms. The number of fused-ring (bicyclic) bond motifs is 2. The molecule has 7 nitrogen and oxygen atoms in total. The van der Waals surface area contributed by atoms with Crippen molar-refractivity contribution in [3.8, 4) is 23.0 Å². The molecular weight excluding hydrogens is 776 g/mol. The molecule has 0 amide bonds. The van der Waals surface area contributed by atoms with Crippen LogP contribution in [0.1, 0.15) is 71.2 Å². The molecule has 0 saturated heterocycles. The van der Waals surface area contributed by atoms with Crippen LogP contribution in [0.3, 0.4) is 0 Å². The van der Waals surface area contributed by atoms with Crippen LogP contribution < -0.4 is 18.9 Å². The van der Waals surface area contributed by atoms with Crippen LogP contribution in [0.4, 0.5) is 0 Å². The Kier molecular flexibility index (Phi) is 14.1. The summed E-state index contributed by atoms with van der Waals surface area (Å²) < 4.78 is 46.1. The van der Waals surface area contributed by atoms with Crippen molar-refractivity contribution in [2.24, 2.45) is 0 Å². The summed E-state index contributed by atoms with van der Waals surface area (Å²) in [6.07, 6.45) is 4.34. The van der Waals surface area contributed by atoms with Gasteiger partial charge in [-0.05, 0) is 59.4 Å². The molecule has 6 rings (SSSR count). The molecule has 1 aliphatic heterocycles. The second-order valence-corrected chi connectivity index (χ2v) is 14.7. The van der Waals surface area contributed by atoms with Crippen molar-refractivity contribution in [3.63, 3.8) is 0 Å². The van der Waals surface area contributed by atoms with Gasteiger partial charge in [0.25, 0.3) is 0 Å². The fraction of sp³-hybridized carbons (Fsp3) is 0.429. The third-order valence-electron chi connectivity index (χ3n) is 8.89. The Morgan fingerprint density at radius 1 is 0.471 bits per heavy atom. The van der Waals surface area contributed by atoms with E-state index in [0.29, 0.717) is 91.8 Å². The summed E-state index contributed by atoms with van der Waals surface area (Å²) >= 11 is 7.71. The zero-order valence-electron chi connectivity index (χ0n) is 29.7. The fourth-order valence-electron chi connectivity index (χ4n) is 6.70. The summed E-state index contributed by atoms with van der Waals surface area (Å²) in [5, 5.41) is 0. The molecule has 4 aromatic rings. The van der Waals surface area contributed by atoms with Gasteiger partial charge >= 0.3 is 0 Å². The summed E-state index contributed by atoms with van der Waals surface area (Å²) in [6, 6.07) is 21.6. The first kappa shape index (κ1) is 37.7. The highest BCUT2D eigenvalue weighted by atomic mass is 79.9. The van der Waals surface area contributed by atoms with Crippen molar-refractivity contribution in [3.05, 3.63) is 114 Å². The SMILES string of the molecule is CCCOc1c2cccc1Cc1cc(Br)cc3c1OCCOCCOCCOCCOc1c(cc(Br)cc1Cc1cccc(c1OCCC)C3)C2. The Hall–Kier alpha value is -3.08. The minimum atomic E-state index is 0.412. The van der Waals surface area contributed by atoms with Crippen LogP contribution in [-0.4, -0.2) is 66.1 Å². The maximum atomic E-state index is 6.67. The van der Waals surface area contributed by atoms with E-state index in [4.69, 9.17) is 33.2 Å². The van der Waals surface area contributed by atoms with Crippen molar-refractivity contribution in [1.29, 1.82) is 0 Å². The number of benzene rings is 4. The lowest BCUT2D eigenvalue weighted by atomic mass is 9.91. The number of rotatable bonds is 6. The van der Waals surface area contributed by atoms with E-state index in [-0.39, 0.29) is 0 Å². The first-order chi connectivity index (χ1) is 25.0. The molecule has 1 heterocycles. The van der Waals surface area contributed by atoms with E-state index in [2.05, 4.69) is 106 Å². The minimum absolute atomic E-state index is 0.412. The molecule has 51 heavy (non-hydrogen) atoms. The molecular formula is C42H48Br2O7. The highest BCUT2D eigenvalue weighted by Gasteiger charge is 2.23. The monoisotopic (exact) mass is 822 g/mol. The maximum Gasteiger partial charge on any atom is 0.126 e. The van der Waals surface area contributed by atoms with Gasteiger partial charge in [0.2, 0.25) is 0 Å². The molecule has 0 saturated carbocycles. The average molecular weight is 825 g/mol. The molecule has 4 aromatic carbocycles. The maximum absolute atomic E-state index is 6.67. The second kappa shape index (κ2) is 19.1. The van der Waals surface area contributed by atoms with Gasteiger partial charge in [0.15, 0.2) is 0 Å². The number of hydrogen-bond acceptors (Lipinski definition) is 7. The smallest absolute Gasteiger partial charge is 0.126 e. The first-order valence-corrected chi connectivity index (χ1v) is 19.7. The zero-order chi connectivity index (χ0) is 35.4. The van der Waals surface area contributed by atoms with Crippen molar-refractivity contribution >= 4 is 31.9 Å². The molecule has 0 fully saturated rings. The fourth-order valence-corrected chi connectivity index (χ4v) is 7.80. The minimum Gasteiger partial charge on any atom is -0.493 e. The van der Waals surface area contributed by atoms with Crippen molar-refractivity contribution in [2.75, 3.05) is 66.1 Å². The molecule has 0 radical (unpaired) electrons. The van der Waals surface area contributed by atoms with E-state index < -0.39 is 0 Å². The highest BCUT2D eigenvalue weighted by molar-refractivity contribution is 9.10. The largest absolute Gasteiger partial charge is 0.493 e. The van der Waals surface area contributed by atoms with Gasteiger partial charge in [0, 0.05) is 56.9 Å². The van der Waals surface area contributed by atoms with Gasteiger partial charge < -0.3 is 33.2 Å². The van der Waals surface area contributed by atoms with Gasteiger partial charge in [-0.3, -0.25) is 0 Å². The Morgan fingerprint density at radius 2 is 0.784 bits per heavy atom. The normalized spacial score (nSPS) is 15.7. The van der Waals surface area contributed by atoms with Crippen molar-refractivity contribution in [1.82, 2.24) is 0 Å². The summed E-state index contributed by atoms with van der Waals surface area (Å²) in [5.41, 5.74) is 8.76. The van der Waals surface area contributed by atoms with Gasteiger partial charge in [-0.15, -0.1) is 0 Å². The standard InChI is InChI=1S/C42H48Br2O7/c1-3-11-48-39-29-7-5-8-30(39)22-34-26-38(44)28-36-24-32-10-6-9-31(40(32)49-12-4-2)23-35-27-37(43)25-33(21-29)41(35)50-19-17-46-15-13-45-14-16-47-18-20-51-42(34)36/h5-10,25-28H,3-4,11-24H2,1-2H3. The first-order valence-electron chi connectivity index (χ1n) is 18.1. The summed E-state index contributed by atoms with van der Waals surface area (Å²) in [6.45, 7) is 9.20. The van der Waals surface area contributed by atoms with E-state index in [1.807, 2.05) is 0 Å². The lowest BCUT2D eigenvalue weighted by Gasteiger charge is -2.23. The summed E-state index contributed by atoms with van der Waals surface area (Å²) in [5.74, 6) is 3.57. The van der Waals surface area contributed by atoms with Crippen LogP contribution >= 0.6 is 31.9 Å². The van der Waals surface area contributed by atoms with E-state index in [9.17, 15) is 0 Å². The van der Waals surface area contributed by atoms with Crippen LogP contribution in [0.25, 0.3) is 0 Å². The van der Waals surface area contributed by atoms with E-state index in [1.165, 1.54) is 0 Å². The van der Waals surface area contributed by atoms with Gasteiger partial charge in [0.05, 0.1) is 52.9 Å². The molecule has 0 N–H and O–H groups in total. The molecule has 0 atom stereocenters. The molecule has 10 bridgehead atoms. The summed E-state index contributed by atoms with van der Waals surface area (Å²) in [4.78, 5) is 0. The Bertz CT molecular complexity index is 1540. The molecule has 0 spiro atoms. The number of hydrogen-bond donors (Lipinski definition) is 0. The second-order valence-electron chi connectivity index (χ2n) is 12.9. The van der Waals surface area contributed by atoms with Gasteiger partial charge in [-0.25, -0.2) is 0 Å². The average Bonchev–Trinajstić information content (AvgIpc) is 3.10. The highest BCUT2D eigenvalue weighted by Crippen LogP contribution is 2.41. The van der Waals surface area contributed by atoms with Crippen LogP contribution in [0.5, 0.6) is 23.0 Å². The third-order valence-corrected chi connectivity index (χ3v) is 9.80. The van der Waals surface area contributed by atoms with Crippen LogP contribution in [0, 0.1) is 0 Å². The van der Waals surface area contributed by atoms with Crippen molar-refractivity contribution < 1.29 is 33.2 Å². The predicted molar refractivity (Wildman–Crippen MR) is 207 cm³/mol. The van der Waals surface area contributed by atoms with E-state index >= 15 is 0 Å². The topological polar surface area (TPSA) is 64.6 Å². The van der Waals surface area contributed by atoms with Gasteiger partial charge in [-0.1, -0.05) is 82.1 Å². The molecule has 272 valence electrons. The van der Waals surface area contributed by atoms with Gasteiger partial charge in [-0.2, -0.15) is 0 Å². The molecule has 0 unspecified atom stereocenters. The van der Waals surface area contributed by atoms with Crippen molar-refractivity contribution in [2.45, 2.75) is 52.4 Å².